The van der Waals surface area contributed by atoms with Gasteiger partial charge in [-0.25, -0.2) is 4.79 Å². The van der Waals surface area contributed by atoms with Crippen molar-refractivity contribution in [1.82, 2.24) is 0 Å². The van der Waals surface area contributed by atoms with E-state index in [9.17, 15) is 34.5 Å². The Bertz CT molecular complexity index is 1460. The molecule has 1 fully saturated rings. The predicted molar refractivity (Wildman–Crippen MR) is 294 cm³/mol. The average molecular weight is 1030 g/mol. The summed E-state index contributed by atoms with van der Waals surface area (Å²) >= 11 is 0. The fourth-order valence-corrected chi connectivity index (χ4v) is 8.83. The lowest BCUT2D eigenvalue weighted by molar-refractivity contribution is -0.301. The third kappa shape index (κ3) is 39.7. The summed E-state index contributed by atoms with van der Waals surface area (Å²) in [5, 5.41) is 31.5. The first-order valence-electron chi connectivity index (χ1n) is 29.6. The second-order valence-corrected chi connectivity index (χ2v) is 20.3. The topological polar surface area (TPSA) is 175 Å². The van der Waals surface area contributed by atoms with Crippen molar-refractivity contribution >= 4 is 23.9 Å². The van der Waals surface area contributed by atoms with Gasteiger partial charge < -0.3 is 39.0 Å². The summed E-state index contributed by atoms with van der Waals surface area (Å²) in [6.07, 6.45) is 46.5. The van der Waals surface area contributed by atoms with E-state index in [1.165, 1.54) is 89.9 Å². The molecular formula is C61H106O12. The molecule has 1 heterocycles. The minimum absolute atomic E-state index is 0.0627. The van der Waals surface area contributed by atoms with E-state index in [4.69, 9.17) is 23.7 Å². The van der Waals surface area contributed by atoms with Crippen LogP contribution in [0.15, 0.2) is 48.6 Å². The van der Waals surface area contributed by atoms with Crippen LogP contribution in [0.4, 0.5) is 0 Å². The van der Waals surface area contributed by atoms with Crippen molar-refractivity contribution in [3.05, 3.63) is 48.6 Å². The molecule has 12 nitrogen and oxygen atoms in total. The van der Waals surface area contributed by atoms with Crippen LogP contribution >= 0.6 is 0 Å². The second kappa shape index (κ2) is 49.6. The first-order valence-corrected chi connectivity index (χ1v) is 29.6. The standard InChI is InChI=1S/C61H106O12/c1-4-7-10-13-16-19-22-24-26-27-29-30-33-35-38-41-44-47-53(62)69-50-52(71-54(63)48-45-42-39-36-32-21-18-15-12-9-6-3)51-70-61-59(57(66)56(65)58(73-61)60(67)68)72-55(64)49-46-43-40-37-34-31-28-25-23-20-17-14-11-8-5-2/h7,10,15-16,18-19,24,26,52,56-59,61,65-66H,4-6,8-9,11-14,17,20-23,25,27-51H2,1-3H3,(H,67,68)/b10-7-,18-15-,19-16-,26-24-. The van der Waals surface area contributed by atoms with Crippen molar-refractivity contribution in [2.45, 2.75) is 302 Å². The van der Waals surface area contributed by atoms with Crippen LogP contribution < -0.4 is 0 Å². The number of aliphatic hydroxyl groups excluding tert-OH is 2. The Morgan fingerprint density at radius 3 is 1.37 bits per heavy atom. The van der Waals surface area contributed by atoms with Gasteiger partial charge in [-0.1, -0.05) is 223 Å². The number of aliphatic hydroxyl groups is 2. The molecule has 1 aliphatic heterocycles. The van der Waals surface area contributed by atoms with Gasteiger partial charge in [0.15, 0.2) is 24.6 Å². The van der Waals surface area contributed by atoms with Gasteiger partial charge >= 0.3 is 23.9 Å². The van der Waals surface area contributed by atoms with Crippen LogP contribution in [0.25, 0.3) is 0 Å². The first kappa shape index (κ1) is 67.7. The quantitative estimate of drug-likeness (QED) is 0.0228. The highest BCUT2D eigenvalue weighted by atomic mass is 16.7. The zero-order valence-electron chi connectivity index (χ0n) is 46.4. The lowest BCUT2D eigenvalue weighted by Crippen LogP contribution is -2.61. The Balaban J connectivity index is 2.67. The molecule has 1 aliphatic rings. The molecule has 0 amide bonds. The molecule has 0 aliphatic carbocycles. The molecule has 0 bridgehead atoms. The van der Waals surface area contributed by atoms with Gasteiger partial charge in [0.05, 0.1) is 6.61 Å². The number of unbranched alkanes of at least 4 members (excludes halogenated alkanes) is 28. The van der Waals surface area contributed by atoms with Crippen LogP contribution in [0, 0.1) is 0 Å². The third-order valence-corrected chi connectivity index (χ3v) is 13.4. The average Bonchev–Trinajstić information content (AvgIpc) is 3.37. The number of rotatable bonds is 50. The minimum atomic E-state index is -1.90. The largest absolute Gasteiger partial charge is 0.479 e. The van der Waals surface area contributed by atoms with Gasteiger partial charge in [-0.05, 0) is 70.6 Å². The number of carboxylic acids is 1. The van der Waals surface area contributed by atoms with Crippen LogP contribution in [-0.4, -0.2) is 89.2 Å². The van der Waals surface area contributed by atoms with E-state index in [2.05, 4.69) is 69.4 Å². The van der Waals surface area contributed by atoms with Gasteiger partial charge in [0.25, 0.3) is 0 Å². The fourth-order valence-electron chi connectivity index (χ4n) is 8.83. The summed E-state index contributed by atoms with van der Waals surface area (Å²) in [5.41, 5.74) is 0. The van der Waals surface area contributed by atoms with Crippen molar-refractivity contribution in [1.29, 1.82) is 0 Å². The van der Waals surface area contributed by atoms with E-state index in [1.807, 2.05) is 0 Å². The SMILES string of the molecule is CC/C=C\C/C=C\C/C=C\CCCCCCCCCC(=O)OCC(COC1OC(C(=O)O)C(O)C(O)C1OC(=O)CCCCCCCCCCCCCCCCC)OC(=O)CCCCCCC/C=C\CCCC. The van der Waals surface area contributed by atoms with Gasteiger partial charge in [-0.15, -0.1) is 0 Å². The zero-order chi connectivity index (χ0) is 53.3. The van der Waals surface area contributed by atoms with Crippen LogP contribution in [-0.2, 0) is 42.9 Å². The van der Waals surface area contributed by atoms with Gasteiger partial charge in [0.1, 0.15) is 18.8 Å². The maximum Gasteiger partial charge on any atom is 0.335 e. The normalized spacial score (nSPS) is 18.6. The van der Waals surface area contributed by atoms with E-state index >= 15 is 0 Å². The fraction of sp³-hybridized carbons (Fsp3) is 0.803. The van der Waals surface area contributed by atoms with Gasteiger partial charge in [-0.3, -0.25) is 14.4 Å². The monoisotopic (exact) mass is 1030 g/mol. The number of aliphatic carboxylic acids is 1. The predicted octanol–water partition coefficient (Wildman–Crippen LogP) is 15.0. The molecule has 0 aromatic carbocycles. The Morgan fingerprint density at radius 1 is 0.466 bits per heavy atom. The third-order valence-electron chi connectivity index (χ3n) is 13.4. The van der Waals surface area contributed by atoms with Gasteiger partial charge in [-0.2, -0.15) is 0 Å². The maximum absolute atomic E-state index is 13.1. The Morgan fingerprint density at radius 2 is 0.877 bits per heavy atom. The number of allylic oxidation sites excluding steroid dienone is 8. The molecular weight excluding hydrogens is 925 g/mol. The molecule has 0 spiro atoms. The minimum Gasteiger partial charge on any atom is -0.479 e. The Hall–Kier alpha value is -3.32. The van der Waals surface area contributed by atoms with Crippen LogP contribution in [0.2, 0.25) is 0 Å². The maximum atomic E-state index is 13.1. The summed E-state index contributed by atoms with van der Waals surface area (Å²) in [7, 11) is 0. The van der Waals surface area contributed by atoms with Crippen molar-refractivity contribution in [2.75, 3.05) is 13.2 Å². The van der Waals surface area contributed by atoms with E-state index < -0.39 is 67.3 Å². The number of hydrogen-bond donors (Lipinski definition) is 3. The summed E-state index contributed by atoms with van der Waals surface area (Å²) in [4.78, 5) is 51.1. The molecule has 0 aromatic heterocycles. The number of hydrogen-bond acceptors (Lipinski definition) is 11. The van der Waals surface area contributed by atoms with Crippen LogP contribution in [0.5, 0.6) is 0 Å². The van der Waals surface area contributed by atoms with E-state index in [-0.39, 0.29) is 25.9 Å². The van der Waals surface area contributed by atoms with Crippen LogP contribution in [0.3, 0.4) is 0 Å². The van der Waals surface area contributed by atoms with Crippen molar-refractivity contribution in [2.24, 2.45) is 0 Å². The molecule has 12 heteroatoms. The molecule has 73 heavy (non-hydrogen) atoms. The van der Waals surface area contributed by atoms with E-state index in [0.29, 0.717) is 19.3 Å². The number of carboxylic acid groups (broad SMARTS) is 1. The second-order valence-electron chi connectivity index (χ2n) is 20.3. The molecule has 6 unspecified atom stereocenters. The number of carbonyl (C=O) groups is 4. The van der Waals surface area contributed by atoms with Gasteiger partial charge in [0.2, 0.25) is 0 Å². The number of ether oxygens (including phenoxy) is 5. The first-order chi connectivity index (χ1) is 35.6. The lowest BCUT2D eigenvalue weighted by Gasteiger charge is -2.40. The zero-order valence-corrected chi connectivity index (χ0v) is 46.4. The van der Waals surface area contributed by atoms with E-state index in [1.54, 1.807) is 0 Å². The molecule has 3 N–H and O–H groups in total. The smallest absolute Gasteiger partial charge is 0.335 e. The Kier molecular flexibility index (Phi) is 45.9. The molecule has 1 saturated heterocycles. The highest BCUT2D eigenvalue weighted by molar-refractivity contribution is 5.74. The molecule has 1 rings (SSSR count). The van der Waals surface area contributed by atoms with Crippen molar-refractivity contribution in [3.8, 4) is 0 Å². The summed E-state index contributed by atoms with van der Waals surface area (Å²) in [6.45, 7) is 5.84. The lowest BCUT2D eigenvalue weighted by atomic mass is 9.98. The number of esters is 3. The summed E-state index contributed by atoms with van der Waals surface area (Å²) in [5.74, 6) is -3.13. The summed E-state index contributed by atoms with van der Waals surface area (Å²) < 4.78 is 28.4. The highest BCUT2D eigenvalue weighted by Gasteiger charge is 2.50. The van der Waals surface area contributed by atoms with Gasteiger partial charge in [0, 0.05) is 19.3 Å². The molecule has 0 radical (unpaired) electrons. The van der Waals surface area contributed by atoms with E-state index in [0.717, 1.165) is 116 Å². The molecule has 6 atom stereocenters. The highest BCUT2D eigenvalue weighted by Crippen LogP contribution is 2.26. The van der Waals surface area contributed by atoms with Crippen LogP contribution in [0.1, 0.15) is 265 Å². The Labute approximate surface area is 443 Å². The molecule has 0 aromatic rings. The van der Waals surface area contributed by atoms with Crippen molar-refractivity contribution < 1.29 is 58.2 Å². The molecule has 422 valence electrons. The number of carbonyl (C=O) groups excluding carboxylic acids is 3. The van der Waals surface area contributed by atoms with Crippen molar-refractivity contribution in [3.63, 3.8) is 0 Å². The summed E-state index contributed by atoms with van der Waals surface area (Å²) in [6, 6.07) is 0. The molecule has 0 saturated carbocycles.